The number of aromatic nitrogens is 2. The Kier molecular flexibility index (Phi) is 16.3. The zero-order chi connectivity index (χ0) is 34.0. The number of ether oxygens (including phenoxy) is 4. The summed E-state index contributed by atoms with van der Waals surface area (Å²) in [4.78, 5) is 51.9. The van der Waals surface area contributed by atoms with Gasteiger partial charge < -0.3 is 44.7 Å². The first-order chi connectivity index (χ1) is 22.7. The molecule has 0 aliphatic carbocycles. The maximum Gasteiger partial charge on any atom is 0.351 e. The molecule has 47 heavy (non-hydrogen) atoms. The van der Waals surface area contributed by atoms with Crippen LogP contribution in [0, 0.1) is 0 Å². The van der Waals surface area contributed by atoms with Crippen molar-refractivity contribution in [2.45, 2.75) is 88.7 Å². The topological polar surface area (TPSA) is 216 Å². The van der Waals surface area contributed by atoms with E-state index in [1.807, 2.05) is 0 Å². The highest BCUT2D eigenvalue weighted by Crippen LogP contribution is 2.28. The molecule has 260 valence electrons. The van der Waals surface area contributed by atoms with Crippen molar-refractivity contribution in [1.82, 2.24) is 9.55 Å². The number of carbonyl (C=O) groups excluding carboxylic acids is 3. The zero-order valence-corrected chi connectivity index (χ0v) is 26.3. The summed E-state index contributed by atoms with van der Waals surface area (Å²) in [6.07, 6.45) is 6.07. The quantitative estimate of drug-likeness (QED) is 0.0953. The molecule has 1 fully saturated rings. The van der Waals surface area contributed by atoms with Crippen molar-refractivity contribution in [3.63, 3.8) is 0 Å². The Morgan fingerprint density at radius 1 is 0.851 bits per heavy atom. The summed E-state index contributed by atoms with van der Waals surface area (Å²) in [5.74, 6) is -1.92. The molecule has 0 spiro atoms. The van der Waals surface area contributed by atoms with Crippen LogP contribution < -0.4 is 11.0 Å². The number of hydrogen-bond acceptors (Lipinski definition) is 13. The van der Waals surface area contributed by atoms with E-state index < -0.39 is 67.9 Å². The molecule has 1 aromatic heterocycles. The van der Waals surface area contributed by atoms with Crippen LogP contribution in [0.2, 0.25) is 0 Å². The Morgan fingerprint density at radius 3 is 2.06 bits per heavy atom. The molecule has 0 unspecified atom stereocenters. The van der Waals surface area contributed by atoms with Gasteiger partial charge in [-0.15, -0.1) is 0 Å². The predicted octanol–water partition coefficient (Wildman–Crippen LogP) is 1.82. The highest BCUT2D eigenvalue weighted by Gasteiger charge is 2.43. The maximum absolute atomic E-state index is 12.3. The number of hydrogen-bond donors (Lipinski definition) is 5. The fourth-order valence-electron chi connectivity index (χ4n) is 4.93. The van der Waals surface area contributed by atoms with Gasteiger partial charge in [-0.1, -0.05) is 63.5 Å². The molecule has 3 rings (SSSR count). The Morgan fingerprint density at radius 2 is 1.47 bits per heavy atom. The number of benzene rings is 1. The average molecular weight is 664 g/mol. The first-order valence-corrected chi connectivity index (χ1v) is 15.9. The largest absolute Gasteiger partial charge is 0.507 e. The van der Waals surface area contributed by atoms with Gasteiger partial charge in [0.15, 0.2) is 6.23 Å². The fraction of sp³-hybridized carbons (Fsp3) is 0.594. The number of para-hydroxylation sites is 1. The van der Waals surface area contributed by atoms with Gasteiger partial charge in [0.05, 0.1) is 19.8 Å². The van der Waals surface area contributed by atoms with E-state index in [4.69, 9.17) is 18.9 Å². The number of esters is 2. The first kappa shape index (κ1) is 37.6. The van der Waals surface area contributed by atoms with E-state index >= 15 is 0 Å². The smallest absolute Gasteiger partial charge is 0.351 e. The number of nitrogens with zero attached hydrogens (tertiary/aromatic N) is 2. The van der Waals surface area contributed by atoms with Crippen LogP contribution in [0.1, 0.15) is 80.8 Å². The molecule has 15 heteroatoms. The van der Waals surface area contributed by atoms with E-state index in [-0.39, 0.29) is 23.7 Å². The second-order valence-electron chi connectivity index (χ2n) is 11.2. The number of anilines is 1. The molecular formula is C32H45N3O12. The minimum atomic E-state index is -1.45. The Labute approximate surface area is 272 Å². The molecule has 0 radical (unpaired) electrons. The van der Waals surface area contributed by atoms with E-state index in [1.165, 1.54) is 24.4 Å². The van der Waals surface area contributed by atoms with Gasteiger partial charge in [0.1, 0.15) is 48.7 Å². The van der Waals surface area contributed by atoms with Crippen LogP contribution in [0.4, 0.5) is 5.82 Å². The normalized spacial score (nSPS) is 19.0. The molecule has 1 aliphatic heterocycles. The number of unbranched alkanes of at least 4 members (excludes halogenated alkanes) is 9. The van der Waals surface area contributed by atoms with Gasteiger partial charge in [0.2, 0.25) is 0 Å². The van der Waals surface area contributed by atoms with Crippen LogP contribution in [0.3, 0.4) is 0 Å². The van der Waals surface area contributed by atoms with Gasteiger partial charge in [-0.05, 0) is 31.0 Å². The lowest BCUT2D eigenvalue weighted by Crippen LogP contribution is -2.36. The third-order valence-electron chi connectivity index (χ3n) is 7.50. The molecular weight excluding hydrogens is 618 g/mol. The fourth-order valence-corrected chi connectivity index (χ4v) is 4.93. The summed E-state index contributed by atoms with van der Waals surface area (Å²) in [7, 11) is 0. The van der Waals surface area contributed by atoms with Crippen LogP contribution in [-0.2, 0) is 28.5 Å². The lowest BCUT2D eigenvalue weighted by atomic mass is 10.1. The van der Waals surface area contributed by atoms with Gasteiger partial charge in [0, 0.05) is 6.20 Å². The van der Waals surface area contributed by atoms with E-state index in [2.05, 4.69) is 10.3 Å². The van der Waals surface area contributed by atoms with Crippen molar-refractivity contribution < 1.29 is 53.8 Å². The summed E-state index contributed by atoms with van der Waals surface area (Å²) < 4.78 is 21.6. The lowest BCUT2D eigenvalue weighted by Gasteiger charge is -2.17. The van der Waals surface area contributed by atoms with Gasteiger partial charge in [-0.25, -0.2) is 14.4 Å². The number of aliphatic hydroxyl groups excluding tert-OH is 3. The van der Waals surface area contributed by atoms with Crippen LogP contribution in [-0.4, -0.2) is 99.2 Å². The first-order valence-electron chi connectivity index (χ1n) is 15.9. The standard InChI is InChI=1S/C32H45N3O12/c36-19-24-28(40)29(41)30(47-24)35-16-15-25(34-32(35)43)33-26(38)20-44-21-27(39)45-17-11-7-5-3-1-2-4-6-8-12-18-46-31(42)22-13-9-10-14-23(22)37/h9-10,13-16,24,28-30,36-37,40-41H,1-8,11-12,17-21H2,(H,33,34,38,43)/t24-,28-,29+,30-/m1/s1. The molecule has 0 bridgehead atoms. The molecule has 15 nitrogen and oxygen atoms in total. The number of nitrogens with one attached hydrogen (secondary N) is 1. The minimum Gasteiger partial charge on any atom is -0.507 e. The third-order valence-corrected chi connectivity index (χ3v) is 7.50. The van der Waals surface area contributed by atoms with Gasteiger partial charge in [-0.2, -0.15) is 4.98 Å². The third kappa shape index (κ3) is 12.7. The van der Waals surface area contributed by atoms with Crippen molar-refractivity contribution in [1.29, 1.82) is 0 Å². The lowest BCUT2D eigenvalue weighted by molar-refractivity contribution is -0.149. The number of aliphatic hydroxyl groups is 3. The Bertz CT molecular complexity index is 1340. The number of rotatable bonds is 21. The van der Waals surface area contributed by atoms with Crippen molar-refractivity contribution in [3.8, 4) is 5.75 Å². The van der Waals surface area contributed by atoms with Gasteiger partial charge >= 0.3 is 17.6 Å². The predicted molar refractivity (Wildman–Crippen MR) is 166 cm³/mol. The Balaban J connectivity index is 1.13. The number of phenolic OH excluding ortho intramolecular Hbond substituents is 1. The second kappa shape index (κ2) is 20.4. The molecule has 0 saturated carbocycles. The van der Waals surface area contributed by atoms with E-state index in [1.54, 1.807) is 12.1 Å². The average Bonchev–Trinajstić information content (AvgIpc) is 3.33. The molecule has 2 aromatic rings. The summed E-state index contributed by atoms with van der Waals surface area (Å²) >= 11 is 0. The minimum absolute atomic E-state index is 0.0775. The maximum atomic E-state index is 12.3. The van der Waals surface area contributed by atoms with E-state index in [0.29, 0.717) is 6.61 Å². The number of phenols is 1. The van der Waals surface area contributed by atoms with Crippen molar-refractivity contribution in [3.05, 3.63) is 52.6 Å². The second-order valence-corrected chi connectivity index (χ2v) is 11.2. The van der Waals surface area contributed by atoms with Crippen LogP contribution in [0.25, 0.3) is 0 Å². The molecule has 1 amide bonds. The summed E-state index contributed by atoms with van der Waals surface area (Å²) in [6, 6.07) is 7.60. The van der Waals surface area contributed by atoms with Crippen LogP contribution in [0.5, 0.6) is 5.75 Å². The van der Waals surface area contributed by atoms with Crippen LogP contribution in [0.15, 0.2) is 41.3 Å². The summed E-state index contributed by atoms with van der Waals surface area (Å²) in [5, 5.41) is 41.2. The van der Waals surface area contributed by atoms with E-state index in [9.17, 15) is 39.6 Å². The molecule has 2 heterocycles. The highest BCUT2D eigenvalue weighted by atomic mass is 16.6. The molecule has 4 atom stereocenters. The Hall–Kier alpha value is -3.89. The van der Waals surface area contributed by atoms with Gasteiger partial charge in [-0.3, -0.25) is 9.36 Å². The highest BCUT2D eigenvalue weighted by molar-refractivity contribution is 5.92. The molecule has 1 saturated heterocycles. The van der Waals surface area contributed by atoms with E-state index in [0.717, 1.165) is 68.8 Å². The SMILES string of the molecule is O=C(COCC(=O)OCCCCCCCCCCCCOC(=O)c1ccccc1O)Nc1ccn([C@@H]2O[C@H](CO)[C@@H](O)[C@@H]2O)c(=O)n1. The van der Waals surface area contributed by atoms with Gasteiger partial charge in [0.25, 0.3) is 5.91 Å². The zero-order valence-electron chi connectivity index (χ0n) is 26.3. The number of amides is 1. The van der Waals surface area contributed by atoms with Crippen LogP contribution >= 0.6 is 0 Å². The summed E-state index contributed by atoms with van der Waals surface area (Å²) in [5.41, 5.74) is -0.682. The summed E-state index contributed by atoms with van der Waals surface area (Å²) in [6.45, 7) is -0.827. The molecule has 1 aromatic carbocycles. The van der Waals surface area contributed by atoms with Crippen molar-refractivity contribution >= 4 is 23.7 Å². The van der Waals surface area contributed by atoms with Crippen molar-refractivity contribution in [2.24, 2.45) is 0 Å². The number of aromatic hydroxyl groups is 1. The molecule has 5 N–H and O–H groups in total. The number of carbonyl (C=O) groups is 3. The van der Waals surface area contributed by atoms with Crippen molar-refractivity contribution in [2.75, 3.05) is 38.4 Å². The molecule has 1 aliphatic rings. The monoisotopic (exact) mass is 663 g/mol.